The van der Waals surface area contributed by atoms with E-state index in [2.05, 4.69) is 4.18 Å². The predicted octanol–water partition coefficient (Wildman–Crippen LogP) is 1.98. The number of benzene rings is 1. The lowest BCUT2D eigenvalue weighted by atomic mass is 10.3. The molecule has 0 bridgehead atoms. The Morgan fingerprint density at radius 1 is 1.50 bits per heavy atom. The minimum absolute atomic E-state index is 0.0775. The van der Waals surface area contributed by atoms with Gasteiger partial charge in [-0.3, -0.25) is 10.1 Å². The Morgan fingerprint density at radius 2 is 2.12 bits per heavy atom. The second-order valence-electron chi connectivity index (χ2n) is 2.80. The lowest BCUT2D eigenvalue weighted by Crippen LogP contribution is -2.11. The van der Waals surface area contributed by atoms with Crippen molar-refractivity contribution in [1.82, 2.24) is 0 Å². The Morgan fingerprint density at radius 3 is 2.62 bits per heavy atom. The molecule has 0 atom stereocenters. The Balaban J connectivity index is 3.09. The number of rotatable bonds is 4. The molecule has 0 spiro atoms. The molecule has 1 rings (SSSR count). The molecule has 1 aromatic rings. The fraction of sp³-hybridized carbons (Fsp3) is 0.250. The maximum Gasteiger partial charge on any atom is 0.308 e. The summed E-state index contributed by atoms with van der Waals surface area (Å²) < 4.78 is 26.8. The molecule has 6 nitrogen and oxygen atoms in total. The minimum Gasteiger partial charge on any atom is -0.382 e. The van der Waals surface area contributed by atoms with E-state index >= 15 is 0 Å². The van der Waals surface area contributed by atoms with Gasteiger partial charge in [-0.05, 0) is 19.1 Å². The lowest BCUT2D eigenvalue weighted by molar-refractivity contribution is -0.384. The Labute approximate surface area is 97.1 Å². The first-order valence-corrected chi connectivity index (χ1v) is 6.17. The van der Waals surface area contributed by atoms with Crippen molar-refractivity contribution in [3.63, 3.8) is 0 Å². The first kappa shape index (κ1) is 12.7. The topological polar surface area (TPSA) is 86.5 Å². The summed E-state index contributed by atoms with van der Waals surface area (Å²) in [6.45, 7) is 1.40. The van der Waals surface area contributed by atoms with E-state index in [1.165, 1.54) is 19.1 Å². The molecule has 0 amide bonds. The molecule has 1 aromatic carbocycles. The van der Waals surface area contributed by atoms with E-state index in [0.29, 0.717) is 0 Å². The first-order valence-electron chi connectivity index (χ1n) is 4.22. The van der Waals surface area contributed by atoms with E-state index in [-0.39, 0.29) is 16.5 Å². The molecule has 0 aromatic heterocycles. The average molecular weight is 266 g/mol. The van der Waals surface area contributed by atoms with E-state index < -0.39 is 20.7 Å². The van der Waals surface area contributed by atoms with Crippen molar-refractivity contribution < 1.29 is 17.5 Å². The quantitative estimate of drug-likeness (QED) is 0.472. The zero-order valence-corrected chi connectivity index (χ0v) is 9.79. The monoisotopic (exact) mass is 265 g/mol. The highest BCUT2D eigenvalue weighted by atomic mass is 35.5. The molecule has 0 unspecified atom stereocenters. The van der Waals surface area contributed by atoms with Crippen LogP contribution in [-0.2, 0) is 10.1 Å². The van der Waals surface area contributed by atoms with E-state index in [1.54, 1.807) is 0 Å². The molecule has 0 saturated heterocycles. The van der Waals surface area contributed by atoms with Crippen LogP contribution in [0, 0.1) is 10.1 Å². The molecule has 0 radical (unpaired) electrons. The smallest absolute Gasteiger partial charge is 0.308 e. The van der Waals surface area contributed by atoms with Gasteiger partial charge in [-0.25, -0.2) is 0 Å². The Kier molecular flexibility index (Phi) is 3.71. The van der Waals surface area contributed by atoms with Crippen LogP contribution in [0.2, 0.25) is 5.02 Å². The van der Waals surface area contributed by atoms with Crippen molar-refractivity contribution in [2.45, 2.75) is 6.92 Å². The molecule has 0 fully saturated rings. The third-order valence-electron chi connectivity index (χ3n) is 1.69. The van der Waals surface area contributed by atoms with Crippen LogP contribution in [0.3, 0.4) is 0 Å². The summed E-state index contributed by atoms with van der Waals surface area (Å²) in [5.74, 6) is -0.346. The molecule has 0 saturated carbocycles. The normalized spacial score (nSPS) is 11.1. The highest BCUT2D eigenvalue weighted by Crippen LogP contribution is 2.29. The van der Waals surface area contributed by atoms with Crippen LogP contribution in [0.4, 0.5) is 5.69 Å². The Hall–Kier alpha value is -1.34. The van der Waals surface area contributed by atoms with Gasteiger partial charge in [0.25, 0.3) is 5.69 Å². The first-order chi connectivity index (χ1) is 7.35. The standard InChI is InChI=1S/C8H8ClNO5S/c1-2-16(13,14)15-6-3-4-7(9)8(5-6)10(11)12/h3-5H,2H2,1H3. The van der Waals surface area contributed by atoms with Crippen LogP contribution in [0.1, 0.15) is 6.92 Å². The molecular formula is C8H8ClNO5S. The molecule has 0 aliphatic rings. The van der Waals surface area contributed by atoms with Crippen molar-refractivity contribution in [2.24, 2.45) is 0 Å². The second-order valence-corrected chi connectivity index (χ2v) is 5.07. The van der Waals surface area contributed by atoms with Crippen molar-refractivity contribution in [1.29, 1.82) is 0 Å². The number of nitro groups is 1. The van der Waals surface area contributed by atoms with E-state index in [9.17, 15) is 18.5 Å². The zero-order chi connectivity index (χ0) is 12.3. The van der Waals surface area contributed by atoms with Crippen molar-refractivity contribution in [3.8, 4) is 5.75 Å². The molecular weight excluding hydrogens is 258 g/mol. The summed E-state index contributed by atoms with van der Waals surface area (Å²) in [4.78, 5) is 9.81. The third kappa shape index (κ3) is 3.07. The highest BCUT2D eigenvalue weighted by molar-refractivity contribution is 7.87. The van der Waals surface area contributed by atoms with Gasteiger partial charge in [-0.15, -0.1) is 0 Å². The van der Waals surface area contributed by atoms with Gasteiger partial charge in [0.05, 0.1) is 16.7 Å². The SMILES string of the molecule is CCS(=O)(=O)Oc1ccc(Cl)c([N+](=O)[O-])c1. The summed E-state index contributed by atoms with van der Waals surface area (Å²) in [7, 11) is -3.69. The van der Waals surface area contributed by atoms with Gasteiger partial charge in [0.15, 0.2) is 0 Å². The molecule has 16 heavy (non-hydrogen) atoms. The van der Waals surface area contributed by atoms with Crippen LogP contribution in [0.5, 0.6) is 5.75 Å². The Bertz CT molecular complexity index is 513. The van der Waals surface area contributed by atoms with E-state index in [4.69, 9.17) is 11.6 Å². The van der Waals surface area contributed by atoms with E-state index in [1.807, 2.05) is 0 Å². The molecule has 88 valence electrons. The van der Waals surface area contributed by atoms with Crippen LogP contribution >= 0.6 is 11.6 Å². The molecule has 8 heteroatoms. The van der Waals surface area contributed by atoms with Gasteiger partial charge in [0.2, 0.25) is 0 Å². The van der Waals surface area contributed by atoms with Gasteiger partial charge < -0.3 is 4.18 Å². The summed E-state index contributed by atoms with van der Waals surface area (Å²) in [5.41, 5.74) is -0.398. The number of nitrogens with zero attached hydrogens (tertiary/aromatic N) is 1. The van der Waals surface area contributed by atoms with Crippen LogP contribution < -0.4 is 4.18 Å². The van der Waals surface area contributed by atoms with Gasteiger partial charge in [0.1, 0.15) is 10.8 Å². The second kappa shape index (κ2) is 4.67. The fourth-order valence-electron chi connectivity index (χ4n) is 0.890. The maximum atomic E-state index is 11.1. The van der Waals surface area contributed by atoms with E-state index in [0.717, 1.165) is 6.07 Å². The van der Waals surface area contributed by atoms with Crippen LogP contribution in [0.15, 0.2) is 18.2 Å². The lowest BCUT2D eigenvalue weighted by Gasteiger charge is -2.04. The van der Waals surface area contributed by atoms with Crippen molar-refractivity contribution in [3.05, 3.63) is 33.3 Å². The van der Waals surface area contributed by atoms with Gasteiger partial charge in [-0.2, -0.15) is 8.42 Å². The predicted molar refractivity (Wildman–Crippen MR) is 58.2 cm³/mol. The third-order valence-corrected chi connectivity index (χ3v) is 3.16. The zero-order valence-electron chi connectivity index (χ0n) is 8.21. The number of hydrogen-bond acceptors (Lipinski definition) is 5. The minimum atomic E-state index is -3.69. The summed E-state index contributed by atoms with van der Waals surface area (Å²) >= 11 is 5.55. The van der Waals surface area contributed by atoms with Crippen molar-refractivity contribution >= 4 is 27.4 Å². The maximum absolute atomic E-state index is 11.1. The molecule has 0 aliphatic carbocycles. The molecule has 0 N–H and O–H groups in total. The number of hydrogen-bond donors (Lipinski definition) is 0. The number of halogens is 1. The van der Waals surface area contributed by atoms with Gasteiger partial charge in [0, 0.05) is 0 Å². The van der Waals surface area contributed by atoms with Gasteiger partial charge >= 0.3 is 10.1 Å². The molecule has 0 aliphatic heterocycles. The summed E-state index contributed by atoms with van der Waals surface area (Å²) in [6, 6.07) is 3.43. The van der Waals surface area contributed by atoms with Crippen LogP contribution in [-0.4, -0.2) is 19.1 Å². The van der Waals surface area contributed by atoms with Crippen LogP contribution in [0.25, 0.3) is 0 Å². The highest BCUT2D eigenvalue weighted by Gasteiger charge is 2.16. The van der Waals surface area contributed by atoms with Gasteiger partial charge in [-0.1, -0.05) is 11.6 Å². The average Bonchev–Trinajstić information content (AvgIpc) is 2.20. The largest absolute Gasteiger partial charge is 0.382 e. The fourth-order valence-corrected chi connectivity index (χ4v) is 1.59. The summed E-state index contributed by atoms with van der Waals surface area (Å²) in [5, 5.41) is 10.4. The molecule has 0 heterocycles. The van der Waals surface area contributed by atoms with Crippen molar-refractivity contribution in [2.75, 3.05) is 5.75 Å². The summed E-state index contributed by atoms with van der Waals surface area (Å²) in [6.07, 6.45) is 0. The number of nitro benzene ring substituents is 1.